The summed E-state index contributed by atoms with van der Waals surface area (Å²) in [6, 6.07) is 24.1. The molecule has 0 spiro atoms. The Morgan fingerprint density at radius 2 is 0.960 bits per heavy atom. The highest BCUT2D eigenvalue weighted by Gasteiger charge is 2.60. The van der Waals surface area contributed by atoms with E-state index in [1.165, 1.54) is 24.3 Å². The second-order valence-electron chi connectivity index (χ2n) is 5.54. The van der Waals surface area contributed by atoms with Gasteiger partial charge in [-0.25, -0.2) is 0 Å². The molecule has 0 amide bonds. The number of hydrogen-bond donors (Lipinski definition) is 1. The standard InChI is InChI=1S/C20H16F3OP/c21-20(22,23)19(24,16-10-4-1-5-11-16)25(17-12-6-2-7-13-17)18-14-8-3-9-15-18/h1-15,24H. The van der Waals surface area contributed by atoms with Crippen LogP contribution in [0.15, 0.2) is 91.0 Å². The molecule has 0 aliphatic rings. The topological polar surface area (TPSA) is 20.2 Å². The number of aliphatic hydroxyl groups is 1. The molecular formula is C20H16F3OP. The maximum Gasteiger partial charge on any atom is 0.426 e. The molecule has 1 unspecified atom stereocenters. The maximum atomic E-state index is 14.2. The van der Waals surface area contributed by atoms with Gasteiger partial charge in [-0.15, -0.1) is 0 Å². The Balaban J connectivity index is 2.29. The second-order valence-corrected chi connectivity index (χ2v) is 7.89. The molecule has 0 aromatic heterocycles. The zero-order valence-corrected chi connectivity index (χ0v) is 14.1. The fourth-order valence-corrected chi connectivity index (χ4v) is 5.41. The van der Waals surface area contributed by atoms with Crippen LogP contribution in [0.1, 0.15) is 5.56 Å². The monoisotopic (exact) mass is 360 g/mol. The van der Waals surface area contributed by atoms with Gasteiger partial charge in [0.25, 0.3) is 0 Å². The van der Waals surface area contributed by atoms with Crippen molar-refractivity contribution in [1.82, 2.24) is 0 Å². The van der Waals surface area contributed by atoms with Gasteiger partial charge in [0.05, 0.1) is 0 Å². The number of hydrogen-bond acceptors (Lipinski definition) is 1. The molecule has 3 rings (SSSR count). The van der Waals surface area contributed by atoms with Gasteiger partial charge < -0.3 is 5.11 Å². The number of halogens is 3. The van der Waals surface area contributed by atoms with Crippen LogP contribution in [0.25, 0.3) is 0 Å². The third-order valence-electron chi connectivity index (χ3n) is 3.92. The van der Waals surface area contributed by atoms with Crippen LogP contribution in [-0.2, 0) is 5.34 Å². The summed E-state index contributed by atoms with van der Waals surface area (Å²) in [4.78, 5) is 0. The number of rotatable bonds is 4. The Labute approximate surface area is 145 Å². The smallest absolute Gasteiger partial charge is 0.372 e. The summed E-state index contributed by atoms with van der Waals surface area (Å²) in [6.07, 6.45) is -4.83. The van der Waals surface area contributed by atoms with Crippen molar-refractivity contribution >= 4 is 18.5 Å². The fourth-order valence-electron chi connectivity index (χ4n) is 2.77. The Morgan fingerprint density at radius 3 is 1.32 bits per heavy atom. The van der Waals surface area contributed by atoms with Crippen molar-refractivity contribution in [2.45, 2.75) is 11.5 Å². The third-order valence-corrected chi connectivity index (χ3v) is 6.71. The summed E-state index contributed by atoms with van der Waals surface area (Å²) < 4.78 is 42.5. The van der Waals surface area contributed by atoms with E-state index in [0.717, 1.165) is 0 Å². The number of alkyl halides is 3. The lowest BCUT2D eigenvalue weighted by Crippen LogP contribution is -2.45. The molecule has 3 aromatic carbocycles. The first kappa shape index (κ1) is 17.7. The Kier molecular flexibility index (Phi) is 4.94. The summed E-state index contributed by atoms with van der Waals surface area (Å²) in [7, 11) is -2.13. The summed E-state index contributed by atoms with van der Waals surface area (Å²) in [5, 5.41) is 9.04. The predicted octanol–water partition coefficient (Wildman–Crippen LogP) is 4.53. The molecule has 0 saturated heterocycles. The summed E-state index contributed by atoms with van der Waals surface area (Å²) in [6.45, 7) is 0. The van der Waals surface area contributed by atoms with Crippen molar-refractivity contribution in [3.8, 4) is 0 Å². The molecule has 1 N–H and O–H groups in total. The minimum absolute atomic E-state index is 0.152. The first-order chi connectivity index (χ1) is 11.9. The van der Waals surface area contributed by atoms with Crippen molar-refractivity contribution in [2.24, 2.45) is 0 Å². The van der Waals surface area contributed by atoms with Gasteiger partial charge >= 0.3 is 6.18 Å². The van der Waals surface area contributed by atoms with E-state index in [-0.39, 0.29) is 5.56 Å². The van der Waals surface area contributed by atoms with Crippen molar-refractivity contribution in [3.05, 3.63) is 96.6 Å². The van der Waals surface area contributed by atoms with Gasteiger partial charge in [0, 0.05) is 7.92 Å². The van der Waals surface area contributed by atoms with E-state index < -0.39 is 19.4 Å². The van der Waals surface area contributed by atoms with E-state index in [9.17, 15) is 18.3 Å². The van der Waals surface area contributed by atoms with E-state index in [0.29, 0.717) is 10.6 Å². The van der Waals surface area contributed by atoms with Crippen LogP contribution in [0.4, 0.5) is 13.2 Å². The molecule has 128 valence electrons. The van der Waals surface area contributed by atoms with Gasteiger partial charge in [0.1, 0.15) is 0 Å². The van der Waals surface area contributed by atoms with E-state index in [1.807, 2.05) is 0 Å². The van der Waals surface area contributed by atoms with Crippen LogP contribution in [0.5, 0.6) is 0 Å². The van der Waals surface area contributed by atoms with Gasteiger partial charge in [-0.1, -0.05) is 91.0 Å². The van der Waals surface area contributed by atoms with Crippen molar-refractivity contribution in [1.29, 1.82) is 0 Å². The largest absolute Gasteiger partial charge is 0.426 e. The Hall–Kier alpha value is -2.16. The highest BCUT2D eigenvalue weighted by molar-refractivity contribution is 7.73. The van der Waals surface area contributed by atoms with E-state index in [4.69, 9.17) is 0 Å². The van der Waals surface area contributed by atoms with Crippen LogP contribution in [0, 0.1) is 0 Å². The van der Waals surface area contributed by atoms with Gasteiger partial charge in [-0.3, -0.25) is 0 Å². The fraction of sp³-hybridized carbons (Fsp3) is 0.100. The maximum absolute atomic E-state index is 14.2. The van der Waals surface area contributed by atoms with Gasteiger partial charge in [-0.2, -0.15) is 13.2 Å². The zero-order valence-electron chi connectivity index (χ0n) is 13.2. The van der Waals surface area contributed by atoms with E-state index >= 15 is 0 Å². The molecule has 3 aromatic rings. The van der Waals surface area contributed by atoms with Crippen molar-refractivity contribution in [3.63, 3.8) is 0 Å². The van der Waals surface area contributed by atoms with Crippen LogP contribution in [0.2, 0.25) is 0 Å². The molecule has 5 heteroatoms. The first-order valence-electron chi connectivity index (χ1n) is 7.69. The highest BCUT2D eigenvalue weighted by atomic mass is 31.1. The van der Waals surface area contributed by atoms with Crippen LogP contribution in [-0.4, -0.2) is 11.3 Å². The molecule has 1 atom stereocenters. The Morgan fingerprint density at radius 1 is 0.600 bits per heavy atom. The lowest BCUT2D eigenvalue weighted by Gasteiger charge is -2.39. The van der Waals surface area contributed by atoms with Crippen LogP contribution >= 0.6 is 7.92 Å². The lowest BCUT2D eigenvalue weighted by molar-refractivity contribution is -0.226. The average Bonchev–Trinajstić information content (AvgIpc) is 2.63. The van der Waals surface area contributed by atoms with Gasteiger partial charge in [0.2, 0.25) is 5.34 Å². The third kappa shape index (κ3) is 3.33. The molecule has 0 radical (unpaired) electrons. The normalized spacial score (nSPS) is 14.3. The molecular weight excluding hydrogens is 344 g/mol. The molecule has 0 aliphatic carbocycles. The van der Waals surface area contributed by atoms with Crippen LogP contribution < -0.4 is 10.6 Å². The highest BCUT2D eigenvalue weighted by Crippen LogP contribution is 2.60. The molecule has 0 aliphatic heterocycles. The molecule has 0 heterocycles. The molecule has 1 nitrogen and oxygen atoms in total. The molecule has 0 fully saturated rings. The molecule has 0 saturated carbocycles. The summed E-state index contributed by atoms with van der Waals surface area (Å²) in [5.74, 6) is 0. The quantitative estimate of drug-likeness (QED) is 0.678. The van der Waals surface area contributed by atoms with E-state index in [2.05, 4.69) is 0 Å². The van der Waals surface area contributed by atoms with Crippen LogP contribution in [0.3, 0.4) is 0 Å². The Bertz CT molecular complexity index is 767. The second kappa shape index (κ2) is 6.99. The number of benzene rings is 3. The minimum Gasteiger partial charge on any atom is -0.372 e. The van der Waals surface area contributed by atoms with E-state index in [1.54, 1.807) is 66.7 Å². The summed E-state index contributed by atoms with van der Waals surface area (Å²) >= 11 is 0. The molecule has 0 bridgehead atoms. The minimum atomic E-state index is -4.83. The summed E-state index contributed by atoms with van der Waals surface area (Å²) in [5.41, 5.74) is -0.152. The zero-order chi connectivity index (χ0) is 17.9. The predicted molar refractivity (Wildman–Crippen MR) is 95.5 cm³/mol. The average molecular weight is 360 g/mol. The van der Waals surface area contributed by atoms with Crippen molar-refractivity contribution < 1.29 is 18.3 Å². The SMILES string of the molecule is OC(c1ccccc1)(P(c1ccccc1)c1ccccc1)C(F)(F)F. The molecule has 25 heavy (non-hydrogen) atoms. The van der Waals surface area contributed by atoms with Crippen molar-refractivity contribution in [2.75, 3.05) is 0 Å². The first-order valence-corrected chi connectivity index (χ1v) is 9.04. The van der Waals surface area contributed by atoms with Gasteiger partial charge in [0.15, 0.2) is 0 Å². The van der Waals surface area contributed by atoms with Gasteiger partial charge in [-0.05, 0) is 16.2 Å². The lowest BCUT2D eigenvalue weighted by atomic mass is 10.1.